The molecule has 0 saturated carbocycles. The van der Waals surface area contributed by atoms with E-state index in [1.165, 1.54) is 31.4 Å². The number of aromatic nitrogens is 1. The van der Waals surface area contributed by atoms with Crippen LogP contribution in [0.1, 0.15) is 29.6 Å². The van der Waals surface area contributed by atoms with Gasteiger partial charge >= 0.3 is 0 Å². The number of nitrogens with zero attached hydrogens (tertiary/aromatic N) is 3. The number of amides is 1. The number of nitrogens with one attached hydrogen (secondary N) is 1. The molecule has 2 heterocycles. The molecule has 1 amide bonds. The highest BCUT2D eigenvalue weighted by Gasteiger charge is 2.16. The third-order valence-corrected chi connectivity index (χ3v) is 4.41. The summed E-state index contributed by atoms with van der Waals surface area (Å²) in [6, 6.07) is 7.41. The van der Waals surface area contributed by atoms with E-state index in [1.807, 2.05) is 6.07 Å². The van der Waals surface area contributed by atoms with Crippen LogP contribution in [0.15, 0.2) is 36.5 Å². The molecule has 0 radical (unpaired) electrons. The quantitative estimate of drug-likeness (QED) is 0.660. The molecule has 2 aromatic rings. The van der Waals surface area contributed by atoms with Crippen molar-refractivity contribution in [3.63, 3.8) is 0 Å². The number of carbonyl (C=O) groups excluding carboxylic acids is 1. The van der Waals surface area contributed by atoms with Gasteiger partial charge in [-0.2, -0.15) is 0 Å². The van der Waals surface area contributed by atoms with Crippen LogP contribution < -0.4 is 10.2 Å². The first-order chi connectivity index (χ1) is 12.0. The summed E-state index contributed by atoms with van der Waals surface area (Å²) in [5.74, 6) is 0.457. The minimum atomic E-state index is -0.559. The molecule has 0 aliphatic carbocycles. The zero-order valence-electron chi connectivity index (χ0n) is 13.4. The van der Waals surface area contributed by atoms with Crippen molar-refractivity contribution in [1.82, 2.24) is 4.98 Å². The number of rotatable bonds is 4. The van der Waals surface area contributed by atoms with Gasteiger partial charge in [0.2, 0.25) is 0 Å². The molecule has 7 nitrogen and oxygen atoms in total. The number of non-ortho nitro benzene ring substituents is 1. The normalized spacial score (nSPS) is 14.2. The van der Waals surface area contributed by atoms with E-state index in [4.69, 9.17) is 11.6 Å². The van der Waals surface area contributed by atoms with Crippen molar-refractivity contribution in [1.29, 1.82) is 0 Å². The molecule has 1 aromatic heterocycles. The number of nitro groups is 1. The molecule has 0 atom stereocenters. The average Bonchev–Trinajstić information content (AvgIpc) is 2.62. The van der Waals surface area contributed by atoms with Crippen LogP contribution in [-0.4, -0.2) is 28.9 Å². The van der Waals surface area contributed by atoms with E-state index in [1.54, 1.807) is 12.3 Å². The number of hydrogen-bond acceptors (Lipinski definition) is 5. The van der Waals surface area contributed by atoms with Gasteiger partial charge in [-0.1, -0.05) is 11.6 Å². The molecular weight excluding hydrogens is 344 g/mol. The lowest BCUT2D eigenvalue weighted by atomic mass is 10.1. The topological polar surface area (TPSA) is 88.4 Å². The molecule has 1 N–H and O–H groups in total. The van der Waals surface area contributed by atoms with E-state index >= 15 is 0 Å². The highest BCUT2D eigenvalue weighted by molar-refractivity contribution is 6.34. The van der Waals surface area contributed by atoms with Gasteiger partial charge in [0.15, 0.2) is 0 Å². The predicted molar refractivity (Wildman–Crippen MR) is 96.4 cm³/mol. The van der Waals surface area contributed by atoms with E-state index in [-0.39, 0.29) is 16.3 Å². The van der Waals surface area contributed by atoms with E-state index in [9.17, 15) is 14.9 Å². The Kier molecular flexibility index (Phi) is 5.14. The van der Waals surface area contributed by atoms with Crippen LogP contribution in [0.25, 0.3) is 0 Å². The highest BCUT2D eigenvalue weighted by Crippen LogP contribution is 2.24. The number of nitro benzene ring substituents is 1. The molecule has 130 valence electrons. The summed E-state index contributed by atoms with van der Waals surface area (Å²) < 4.78 is 0. The summed E-state index contributed by atoms with van der Waals surface area (Å²) in [6.45, 7) is 1.99. The van der Waals surface area contributed by atoms with Gasteiger partial charge in [0.25, 0.3) is 11.6 Å². The molecular formula is C17H17ClN4O3. The Bertz CT molecular complexity index is 789. The van der Waals surface area contributed by atoms with Crippen molar-refractivity contribution >= 4 is 34.7 Å². The molecule has 1 fully saturated rings. The molecule has 0 bridgehead atoms. The van der Waals surface area contributed by atoms with Crippen molar-refractivity contribution in [3.05, 3.63) is 57.2 Å². The fourth-order valence-electron chi connectivity index (χ4n) is 2.77. The summed E-state index contributed by atoms with van der Waals surface area (Å²) in [7, 11) is 0. The lowest BCUT2D eigenvalue weighted by molar-refractivity contribution is -0.384. The fourth-order valence-corrected chi connectivity index (χ4v) is 3.03. The summed E-state index contributed by atoms with van der Waals surface area (Å²) in [4.78, 5) is 29.1. The minimum absolute atomic E-state index is 0.0320. The van der Waals surface area contributed by atoms with Crippen LogP contribution in [0.4, 0.5) is 17.2 Å². The lowest BCUT2D eigenvalue weighted by Crippen LogP contribution is -2.30. The molecule has 3 rings (SSSR count). The minimum Gasteiger partial charge on any atom is -0.357 e. The lowest BCUT2D eigenvalue weighted by Gasteiger charge is -2.27. The second-order valence-electron chi connectivity index (χ2n) is 5.83. The summed E-state index contributed by atoms with van der Waals surface area (Å²) in [5.41, 5.74) is 0.557. The van der Waals surface area contributed by atoms with Gasteiger partial charge in [0.05, 0.1) is 27.4 Å². The number of carbonyl (C=O) groups is 1. The van der Waals surface area contributed by atoms with Crippen LogP contribution in [0, 0.1) is 10.1 Å². The molecule has 1 aliphatic rings. The molecule has 1 aromatic carbocycles. The van der Waals surface area contributed by atoms with E-state index in [0.717, 1.165) is 25.0 Å². The van der Waals surface area contributed by atoms with Gasteiger partial charge in [-0.05, 0) is 37.5 Å². The first-order valence-corrected chi connectivity index (χ1v) is 8.39. The third kappa shape index (κ3) is 4.06. The second-order valence-corrected chi connectivity index (χ2v) is 6.24. The summed E-state index contributed by atoms with van der Waals surface area (Å²) in [5, 5.41) is 13.5. The highest BCUT2D eigenvalue weighted by atomic mass is 35.5. The molecule has 25 heavy (non-hydrogen) atoms. The Labute approximate surface area is 149 Å². The molecule has 1 saturated heterocycles. The van der Waals surface area contributed by atoms with Gasteiger partial charge in [0.1, 0.15) is 5.82 Å². The van der Waals surface area contributed by atoms with Gasteiger partial charge in [-0.3, -0.25) is 14.9 Å². The van der Waals surface area contributed by atoms with Gasteiger partial charge in [-0.25, -0.2) is 4.98 Å². The zero-order chi connectivity index (χ0) is 17.8. The first kappa shape index (κ1) is 17.2. The molecule has 1 aliphatic heterocycles. The van der Waals surface area contributed by atoms with Crippen molar-refractivity contribution in [2.24, 2.45) is 0 Å². The van der Waals surface area contributed by atoms with Crippen molar-refractivity contribution < 1.29 is 9.72 Å². The Balaban J connectivity index is 1.69. The summed E-state index contributed by atoms with van der Waals surface area (Å²) >= 11 is 5.97. The Hall–Kier alpha value is -2.67. The van der Waals surface area contributed by atoms with Crippen LogP contribution in [0.2, 0.25) is 5.02 Å². The number of hydrogen-bond donors (Lipinski definition) is 1. The Morgan fingerprint density at radius 3 is 2.56 bits per heavy atom. The average molecular weight is 361 g/mol. The SMILES string of the molecule is O=C(Nc1ccc(N2CCCCC2)nc1)c1ccc([N+](=O)[O-])cc1Cl. The Morgan fingerprint density at radius 2 is 1.96 bits per heavy atom. The third-order valence-electron chi connectivity index (χ3n) is 4.09. The maximum Gasteiger partial charge on any atom is 0.270 e. The van der Waals surface area contributed by atoms with Crippen LogP contribution >= 0.6 is 11.6 Å². The Morgan fingerprint density at radius 1 is 1.20 bits per heavy atom. The van der Waals surface area contributed by atoms with Crippen molar-refractivity contribution in [2.75, 3.05) is 23.3 Å². The van der Waals surface area contributed by atoms with E-state index in [2.05, 4.69) is 15.2 Å². The monoisotopic (exact) mass is 360 g/mol. The van der Waals surface area contributed by atoms with Gasteiger partial charge in [0, 0.05) is 25.2 Å². The molecule has 0 spiro atoms. The number of piperidine rings is 1. The van der Waals surface area contributed by atoms with Crippen molar-refractivity contribution in [3.8, 4) is 0 Å². The van der Waals surface area contributed by atoms with E-state index < -0.39 is 10.8 Å². The second kappa shape index (κ2) is 7.48. The van der Waals surface area contributed by atoms with Crippen molar-refractivity contribution in [2.45, 2.75) is 19.3 Å². The predicted octanol–water partition coefficient (Wildman–Crippen LogP) is 3.89. The van der Waals surface area contributed by atoms with E-state index in [0.29, 0.717) is 5.69 Å². The molecule has 8 heteroatoms. The number of anilines is 2. The maximum atomic E-state index is 12.3. The molecule has 0 unspecified atom stereocenters. The fraction of sp³-hybridized carbons (Fsp3) is 0.294. The largest absolute Gasteiger partial charge is 0.357 e. The van der Waals surface area contributed by atoms with Crippen LogP contribution in [-0.2, 0) is 0 Å². The van der Waals surface area contributed by atoms with Gasteiger partial charge in [-0.15, -0.1) is 0 Å². The van der Waals surface area contributed by atoms with Gasteiger partial charge < -0.3 is 10.2 Å². The maximum absolute atomic E-state index is 12.3. The number of pyridine rings is 1. The number of halogens is 1. The summed E-state index contributed by atoms with van der Waals surface area (Å²) in [6.07, 6.45) is 5.18. The first-order valence-electron chi connectivity index (χ1n) is 8.01. The smallest absolute Gasteiger partial charge is 0.270 e. The van der Waals surface area contributed by atoms with Crippen LogP contribution in [0.3, 0.4) is 0 Å². The zero-order valence-corrected chi connectivity index (χ0v) is 14.2. The van der Waals surface area contributed by atoms with Crippen LogP contribution in [0.5, 0.6) is 0 Å². The number of benzene rings is 1. The standard InChI is InChI=1S/C17H17ClN4O3/c18-15-10-13(22(24)25)5-6-14(15)17(23)20-12-4-7-16(19-11-12)21-8-2-1-3-9-21/h4-7,10-11H,1-3,8-9H2,(H,20,23).